The predicted octanol–water partition coefficient (Wildman–Crippen LogP) is 3.39. The molecular formula is C18H19BrN2O3. The van der Waals surface area contributed by atoms with Gasteiger partial charge in [-0.25, -0.2) is 0 Å². The lowest BCUT2D eigenvalue weighted by Gasteiger charge is -2.09. The summed E-state index contributed by atoms with van der Waals surface area (Å²) in [4.78, 5) is 24.2. The number of ether oxygens (including phenoxy) is 1. The van der Waals surface area contributed by atoms with Crippen molar-refractivity contribution in [1.29, 1.82) is 0 Å². The molecule has 0 saturated carbocycles. The van der Waals surface area contributed by atoms with Crippen molar-refractivity contribution in [2.24, 2.45) is 0 Å². The highest BCUT2D eigenvalue weighted by atomic mass is 79.9. The number of halogens is 1. The number of hydrogen-bond donors (Lipinski definition) is 2. The van der Waals surface area contributed by atoms with Crippen LogP contribution in [0, 0.1) is 6.92 Å². The molecule has 5 nitrogen and oxygen atoms in total. The minimum Gasteiger partial charge on any atom is -0.383 e. The number of rotatable bonds is 6. The topological polar surface area (TPSA) is 67.4 Å². The van der Waals surface area contributed by atoms with Crippen LogP contribution >= 0.6 is 15.9 Å². The highest BCUT2D eigenvalue weighted by Crippen LogP contribution is 2.24. The second-order valence-corrected chi connectivity index (χ2v) is 6.12. The average Bonchev–Trinajstić information content (AvgIpc) is 2.57. The molecule has 0 heterocycles. The first-order chi connectivity index (χ1) is 11.5. The van der Waals surface area contributed by atoms with Gasteiger partial charge in [-0.15, -0.1) is 0 Å². The summed E-state index contributed by atoms with van der Waals surface area (Å²) in [7, 11) is 1.58. The molecule has 0 radical (unpaired) electrons. The van der Waals surface area contributed by atoms with Gasteiger partial charge in [0.2, 0.25) is 0 Å². The van der Waals surface area contributed by atoms with Crippen LogP contribution in [0.3, 0.4) is 0 Å². The van der Waals surface area contributed by atoms with Crippen molar-refractivity contribution in [2.45, 2.75) is 6.92 Å². The number of nitrogens with one attached hydrogen (secondary N) is 2. The molecule has 2 amide bonds. The largest absolute Gasteiger partial charge is 0.383 e. The number of hydrogen-bond acceptors (Lipinski definition) is 3. The van der Waals surface area contributed by atoms with E-state index in [2.05, 4.69) is 26.6 Å². The molecule has 0 aliphatic carbocycles. The smallest absolute Gasteiger partial charge is 0.255 e. The highest BCUT2D eigenvalue weighted by molar-refractivity contribution is 9.10. The van der Waals surface area contributed by atoms with Crippen molar-refractivity contribution in [2.75, 3.05) is 25.6 Å². The summed E-state index contributed by atoms with van der Waals surface area (Å²) in [5.74, 6) is -0.425. The first-order valence-electron chi connectivity index (χ1n) is 7.46. The molecule has 0 fully saturated rings. The van der Waals surface area contributed by atoms with Crippen LogP contribution in [0.2, 0.25) is 0 Å². The molecule has 0 unspecified atom stereocenters. The van der Waals surface area contributed by atoms with E-state index in [0.29, 0.717) is 30.0 Å². The number of carbonyl (C=O) groups is 2. The molecule has 2 aromatic rings. The third kappa shape index (κ3) is 4.91. The van der Waals surface area contributed by atoms with Crippen LogP contribution in [-0.4, -0.2) is 32.1 Å². The van der Waals surface area contributed by atoms with E-state index >= 15 is 0 Å². The van der Waals surface area contributed by atoms with Crippen molar-refractivity contribution in [3.05, 3.63) is 63.6 Å². The minimum absolute atomic E-state index is 0.194. The van der Waals surface area contributed by atoms with Crippen LogP contribution in [0.5, 0.6) is 0 Å². The second kappa shape index (κ2) is 8.61. The fourth-order valence-electron chi connectivity index (χ4n) is 2.06. The molecule has 0 aromatic heterocycles. The third-order valence-electron chi connectivity index (χ3n) is 3.37. The zero-order valence-corrected chi connectivity index (χ0v) is 15.1. The molecule has 2 aromatic carbocycles. The minimum atomic E-state index is -0.231. The molecule has 0 bridgehead atoms. The van der Waals surface area contributed by atoms with Crippen molar-refractivity contribution < 1.29 is 14.3 Å². The normalized spacial score (nSPS) is 10.3. The Morgan fingerprint density at radius 2 is 1.67 bits per heavy atom. The van der Waals surface area contributed by atoms with Crippen molar-refractivity contribution in [3.8, 4) is 0 Å². The summed E-state index contributed by atoms with van der Waals surface area (Å²) in [5, 5.41) is 5.57. The summed E-state index contributed by atoms with van der Waals surface area (Å²) in [6.45, 7) is 2.88. The Balaban J connectivity index is 2.01. The van der Waals surface area contributed by atoms with Gasteiger partial charge in [-0.05, 0) is 64.8 Å². The van der Waals surface area contributed by atoms with Crippen LogP contribution in [-0.2, 0) is 4.74 Å². The number of amides is 2. The Morgan fingerprint density at radius 3 is 2.25 bits per heavy atom. The average molecular weight is 391 g/mol. The van der Waals surface area contributed by atoms with Crippen LogP contribution in [0.15, 0.2) is 46.9 Å². The number of carbonyl (C=O) groups excluding carboxylic acids is 2. The van der Waals surface area contributed by atoms with E-state index in [1.165, 1.54) is 0 Å². The Labute approximate surface area is 149 Å². The summed E-state index contributed by atoms with van der Waals surface area (Å²) >= 11 is 3.43. The second-order valence-electron chi connectivity index (χ2n) is 5.26. The standard InChI is InChI=1S/C18H19BrN2O3/c1-12-3-8-16(15(19)11-12)21-18(23)14-6-4-13(5-7-14)17(22)20-9-10-24-2/h3-8,11H,9-10H2,1-2H3,(H,20,22)(H,21,23). The molecule has 0 aliphatic rings. The van der Waals surface area contributed by atoms with Gasteiger partial charge in [0.1, 0.15) is 0 Å². The van der Waals surface area contributed by atoms with Gasteiger partial charge in [0.15, 0.2) is 0 Å². The number of methoxy groups -OCH3 is 1. The fraction of sp³-hybridized carbons (Fsp3) is 0.222. The van der Waals surface area contributed by atoms with Gasteiger partial charge >= 0.3 is 0 Å². The van der Waals surface area contributed by atoms with E-state index < -0.39 is 0 Å². The van der Waals surface area contributed by atoms with Gasteiger partial charge in [0.05, 0.1) is 12.3 Å². The van der Waals surface area contributed by atoms with E-state index in [-0.39, 0.29) is 11.8 Å². The first kappa shape index (κ1) is 18.2. The Bertz CT molecular complexity index is 730. The van der Waals surface area contributed by atoms with Gasteiger partial charge in [0, 0.05) is 29.3 Å². The maximum absolute atomic E-state index is 12.3. The van der Waals surface area contributed by atoms with Gasteiger partial charge in [-0.1, -0.05) is 6.07 Å². The Kier molecular flexibility index (Phi) is 6.52. The van der Waals surface area contributed by atoms with Gasteiger partial charge in [0.25, 0.3) is 11.8 Å². The predicted molar refractivity (Wildman–Crippen MR) is 97.5 cm³/mol. The van der Waals surface area contributed by atoms with Crippen LogP contribution in [0.4, 0.5) is 5.69 Å². The molecule has 0 spiro atoms. The molecular weight excluding hydrogens is 372 g/mol. The molecule has 2 N–H and O–H groups in total. The van der Waals surface area contributed by atoms with Crippen molar-refractivity contribution in [1.82, 2.24) is 5.32 Å². The number of aryl methyl sites for hydroxylation is 1. The SMILES string of the molecule is COCCNC(=O)c1ccc(C(=O)Nc2ccc(C)cc2Br)cc1. The monoisotopic (exact) mass is 390 g/mol. The van der Waals surface area contributed by atoms with Crippen LogP contribution in [0.1, 0.15) is 26.3 Å². The van der Waals surface area contributed by atoms with Crippen molar-refractivity contribution >= 4 is 33.4 Å². The Morgan fingerprint density at radius 1 is 1.04 bits per heavy atom. The van der Waals surface area contributed by atoms with E-state index in [4.69, 9.17) is 4.74 Å². The van der Waals surface area contributed by atoms with Crippen molar-refractivity contribution in [3.63, 3.8) is 0 Å². The number of benzene rings is 2. The lowest BCUT2D eigenvalue weighted by molar-refractivity contribution is 0.0935. The lowest BCUT2D eigenvalue weighted by Crippen LogP contribution is -2.26. The zero-order valence-electron chi connectivity index (χ0n) is 13.6. The molecule has 0 aliphatic heterocycles. The summed E-state index contributed by atoms with van der Waals surface area (Å²) in [6, 6.07) is 12.2. The molecule has 126 valence electrons. The summed E-state index contributed by atoms with van der Waals surface area (Å²) in [6.07, 6.45) is 0. The van der Waals surface area contributed by atoms with Gasteiger partial charge < -0.3 is 15.4 Å². The molecule has 0 saturated heterocycles. The maximum Gasteiger partial charge on any atom is 0.255 e. The summed E-state index contributed by atoms with van der Waals surface area (Å²) < 4.78 is 5.70. The molecule has 0 atom stereocenters. The van der Waals surface area contributed by atoms with Crippen LogP contribution < -0.4 is 10.6 Å². The third-order valence-corrected chi connectivity index (χ3v) is 4.03. The van der Waals surface area contributed by atoms with E-state index in [1.54, 1.807) is 31.4 Å². The molecule has 2 rings (SSSR count). The van der Waals surface area contributed by atoms with Crippen LogP contribution in [0.25, 0.3) is 0 Å². The summed E-state index contributed by atoms with van der Waals surface area (Å²) in [5.41, 5.74) is 2.78. The van der Waals surface area contributed by atoms with E-state index in [0.717, 1.165) is 10.0 Å². The molecule has 6 heteroatoms. The van der Waals surface area contributed by atoms with Gasteiger partial charge in [-0.3, -0.25) is 9.59 Å². The quantitative estimate of drug-likeness (QED) is 0.742. The first-order valence-corrected chi connectivity index (χ1v) is 8.25. The lowest BCUT2D eigenvalue weighted by atomic mass is 10.1. The fourth-order valence-corrected chi connectivity index (χ4v) is 2.65. The molecule has 24 heavy (non-hydrogen) atoms. The van der Waals surface area contributed by atoms with E-state index in [9.17, 15) is 9.59 Å². The highest BCUT2D eigenvalue weighted by Gasteiger charge is 2.10. The van der Waals surface area contributed by atoms with E-state index in [1.807, 2.05) is 25.1 Å². The Hall–Kier alpha value is -2.18. The number of anilines is 1. The zero-order chi connectivity index (χ0) is 17.5. The maximum atomic E-state index is 12.3. The van der Waals surface area contributed by atoms with Gasteiger partial charge in [-0.2, -0.15) is 0 Å².